The van der Waals surface area contributed by atoms with Crippen LogP contribution in [0, 0.1) is 19.8 Å². The average molecular weight is 263 g/mol. The van der Waals surface area contributed by atoms with E-state index in [-0.39, 0.29) is 12.3 Å². The first-order chi connectivity index (χ1) is 8.95. The minimum absolute atomic E-state index is 0.0244. The van der Waals surface area contributed by atoms with Gasteiger partial charge in [0.1, 0.15) is 0 Å². The summed E-state index contributed by atoms with van der Waals surface area (Å²) in [6.07, 6.45) is 1.31. The fraction of sp³-hybridized carbons (Fsp3) is 0.467. The molecule has 0 radical (unpaired) electrons. The van der Waals surface area contributed by atoms with Crippen LogP contribution >= 0.6 is 0 Å². The summed E-state index contributed by atoms with van der Waals surface area (Å²) in [6, 6.07) is 5.68. The molecule has 0 aliphatic heterocycles. The van der Waals surface area contributed by atoms with E-state index in [1.165, 1.54) is 0 Å². The average Bonchev–Trinajstić information content (AvgIpc) is 2.34. The van der Waals surface area contributed by atoms with Gasteiger partial charge in [-0.1, -0.05) is 25.5 Å². The highest BCUT2D eigenvalue weighted by molar-refractivity contribution is 5.93. The van der Waals surface area contributed by atoms with Crippen LogP contribution in [0.5, 0.6) is 0 Å². The van der Waals surface area contributed by atoms with Crippen LogP contribution in [0.25, 0.3) is 0 Å². The number of aliphatic carboxylic acids is 1. The Morgan fingerprint density at radius 2 is 2.00 bits per heavy atom. The molecule has 104 valence electrons. The quantitative estimate of drug-likeness (QED) is 0.828. The standard InChI is InChI=1S/C15H21NO3/c1-4-6-12(15(18)19)9-14(17)16-13-8-5-7-10(2)11(13)3/h5,7-8,12H,4,6,9H2,1-3H3,(H,16,17)(H,18,19). The van der Waals surface area contributed by atoms with Crippen LogP contribution in [0.4, 0.5) is 5.69 Å². The van der Waals surface area contributed by atoms with Crippen LogP contribution < -0.4 is 5.32 Å². The molecule has 1 rings (SSSR count). The highest BCUT2D eigenvalue weighted by Crippen LogP contribution is 2.19. The molecule has 4 nitrogen and oxygen atoms in total. The van der Waals surface area contributed by atoms with Crippen molar-refractivity contribution in [1.29, 1.82) is 0 Å². The fourth-order valence-corrected chi connectivity index (χ4v) is 1.97. The van der Waals surface area contributed by atoms with Gasteiger partial charge in [-0.3, -0.25) is 9.59 Å². The third kappa shape index (κ3) is 4.39. The van der Waals surface area contributed by atoms with Gasteiger partial charge in [-0.05, 0) is 37.5 Å². The zero-order valence-corrected chi connectivity index (χ0v) is 11.7. The summed E-state index contributed by atoms with van der Waals surface area (Å²) in [7, 11) is 0. The van der Waals surface area contributed by atoms with Gasteiger partial charge in [-0.15, -0.1) is 0 Å². The Labute approximate surface area is 113 Å². The van der Waals surface area contributed by atoms with Crippen molar-refractivity contribution in [1.82, 2.24) is 0 Å². The topological polar surface area (TPSA) is 66.4 Å². The molecule has 0 aliphatic rings. The Hall–Kier alpha value is -1.84. The number of carbonyl (C=O) groups is 2. The van der Waals surface area contributed by atoms with Crippen LogP contribution in [-0.4, -0.2) is 17.0 Å². The number of carbonyl (C=O) groups excluding carboxylic acids is 1. The molecule has 2 N–H and O–H groups in total. The van der Waals surface area contributed by atoms with Crippen molar-refractivity contribution in [2.45, 2.75) is 40.0 Å². The normalized spacial score (nSPS) is 11.9. The van der Waals surface area contributed by atoms with Gasteiger partial charge in [0.25, 0.3) is 0 Å². The minimum Gasteiger partial charge on any atom is -0.481 e. The van der Waals surface area contributed by atoms with Gasteiger partial charge in [-0.25, -0.2) is 0 Å². The van der Waals surface area contributed by atoms with Gasteiger partial charge in [-0.2, -0.15) is 0 Å². The number of rotatable bonds is 6. The number of hydrogen-bond acceptors (Lipinski definition) is 2. The zero-order valence-electron chi connectivity index (χ0n) is 11.7. The molecule has 0 aliphatic carbocycles. The summed E-state index contributed by atoms with van der Waals surface area (Å²) in [5.41, 5.74) is 2.87. The zero-order chi connectivity index (χ0) is 14.4. The molecule has 0 saturated heterocycles. The van der Waals surface area contributed by atoms with Gasteiger partial charge >= 0.3 is 5.97 Å². The molecular weight excluding hydrogens is 242 g/mol. The number of anilines is 1. The highest BCUT2D eigenvalue weighted by atomic mass is 16.4. The first-order valence-electron chi connectivity index (χ1n) is 6.54. The Bertz CT molecular complexity index is 468. The number of carboxylic acids is 1. The maximum atomic E-state index is 11.9. The Balaban J connectivity index is 2.69. The number of carboxylic acid groups (broad SMARTS) is 1. The molecule has 1 amide bonds. The molecule has 0 saturated carbocycles. The molecule has 1 atom stereocenters. The molecule has 0 fully saturated rings. The summed E-state index contributed by atoms with van der Waals surface area (Å²) in [6.45, 7) is 5.83. The predicted octanol–water partition coefficient (Wildman–Crippen LogP) is 3.13. The summed E-state index contributed by atoms with van der Waals surface area (Å²) in [5, 5.41) is 11.8. The van der Waals surface area contributed by atoms with Crippen molar-refractivity contribution in [3.8, 4) is 0 Å². The molecule has 1 unspecified atom stereocenters. The Kier molecular flexibility index (Phi) is 5.55. The van der Waals surface area contributed by atoms with Crippen molar-refractivity contribution in [3.05, 3.63) is 29.3 Å². The summed E-state index contributed by atoms with van der Waals surface area (Å²) in [4.78, 5) is 22.9. The van der Waals surface area contributed by atoms with E-state index in [4.69, 9.17) is 5.11 Å². The number of aryl methyl sites for hydroxylation is 1. The van der Waals surface area contributed by atoms with Crippen LogP contribution in [0.15, 0.2) is 18.2 Å². The van der Waals surface area contributed by atoms with Crippen molar-refractivity contribution < 1.29 is 14.7 Å². The van der Waals surface area contributed by atoms with Crippen molar-refractivity contribution in [2.75, 3.05) is 5.32 Å². The molecular formula is C15H21NO3. The molecule has 0 heterocycles. The van der Waals surface area contributed by atoms with Crippen molar-refractivity contribution in [2.24, 2.45) is 5.92 Å². The van der Waals surface area contributed by atoms with E-state index in [2.05, 4.69) is 5.32 Å². The lowest BCUT2D eigenvalue weighted by molar-refractivity contribution is -0.143. The van der Waals surface area contributed by atoms with Gasteiger partial charge in [0.15, 0.2) is 0 Å². The molecule has 0 aromatic heterocycles. The number of nitrogens with one attached hydrogen (secondary N) is 1. The van der Waals surface area contributed by atoms with E-state index in [9.17, 15) is 9.59 Å². The lowest BCUT2D eigenvalue weighted by Crippen LogP contribution is -2.22. The largest absolute Gasteiger partial charge is 0.481 e. The lowest BCUT2D eigenvalue weighted by Gasteiger charge is -2.13. The van der Waals surface area contributed by atoms with Crippen LogP contribution in [0.2, 0.25) is 0 Å². The van der Waals surface area contributed by atoms with E-state index < -0.39 is 11.9 Å². The second-order valence-corrected chi connectivity index (χ2v) is 4.82. The van der Waals surface area contributed by atoms with E-state index in [1.54, 1.807) is 0 Å². The predicted molar refractivity (Wildman–Crippen MR) is 75.2 cm³/mol. The van der Waals surface area contributed by atoms with Gasteiger partial charge in [0.2, 0.25) is 5.91 Å². The van der Waals surface area contributed by atoms with E-state index in [0.717, 1.165) is 23.2 Å². The maximum absolute atomic E-state index is 11.9. The van der Waals surface area contributed by atoms with Gasteiger partial charge < -0.3 is 10.4 Å². The van der Waals surface area contributed by atoms with Crippen molar-refractivity contribution >= 4 is 17.6 Å². The summed E-state index contributed by atoms with van der Waals surface area (Å²) in [5.74, 6) is -1.75. The van der Waals surface area contributed by atoms with Crippen molar-refractivity contribution in [3.63, 3.8) is 0 Å². The third-order valence-corrected chi connectivity index (χ3v) is 3.30. The Morgan fingerprint density at radius 3 is 2.58 bits per heavy atom. The van der Waals surface area contributed by atoms with Gasteiger partial charge in [0.05, 0.1) is 5.92 Å². The molecule has 1 aromatic carbocycles. The van der Waals surface area contributed by atoms with E-state index in [0.29, 0.717) is 6.42 Å². The monoisotopic (exact) mass is 263 g/mol. The second-order valence-electron chi connectivity index (χ2n) is 4.82. The molecule has 19 heavy (non-hydrogen) atoms. The van der Waals surface area contributed by atoms with Crippen LogP contribution in [0.3, 0.4) is 0 Å². The van der Waals surface area contributed by atoms with Crippen LogP contribution in [-0.2, 0) is 9.59 Å². The second kappa shape index (κ2) is 6.92. The lowest BCUT2D eigenvalue weighted by atomic mass is 9.99. The molecule has 0 spiro atoms. The highest BCUT2D eigenvalue weighted by Gasteiger charge is 2.20. The summed E-state index contributed by atoms with van der Waals surface area (Å²) < 4.78 is 0. The smallest absolute Gasteiger partial charge is 0.307 e. The van der Waals surface area contributed by atoms with Gasteiger partial charge in [0, 0.05) is 12.1 Å². The maximum Gasteiger partial charge on any atom is 0.307 e. The third-order valence-electron chi connectivity index (χ3n) is 3.30. The fourth-order valence-electron chi connectivity index (χ4n) is 1.97. The molecule has 4 heteroatoms. The first kappa shape index (κ1) is 15.2. The number of benzene rings is 1. The summed E-state index contributed by atoms with van der Waals surface area (Å²) >= 11 is 0. The Morgan fingerprint density at radius 1 is 1.32 bits per heavy atom. The SMILES string of the molecule is CCCC(CC(=O)Nc1cccc(C)c1C)C(=O)O. The van der Waals surface area contributed by atoms with Crippen LogP contribution in [0.1, 0.15) is 37.3 Å². The van der Waals surface area contributed by atoms with E-state index >= 15 is 0 Å². The minimum atomic E-state index is -0.905. The number of hydrogen-bond donors (Lipinski definition) is 2. The molecule has 0 bridgehead atoms. The molecule has 1 aromatic rings. The number of amides is 1. The van der Waals surface area contributed by atoms with E-state index in [1.807, 2.05) is 39.0 Å². The first-order valence-corrected chi connectivity index (χ1v) is 6.54.